The van der Waals surface area contributed by atoms with Crippen LogP contribution in [0.25, 0.3) is 5.95 Å². The van der Waals surface area contributed by atoms with Crippen LogP contribution >= 0.6 is 11.6 Å². The van der Waals surface area contributed by atoms with Gasteiger partial charge in [-0.05, 0) is 17.7 Å². The molecule has 3 heterocycles. The maximum absolute atomic E-state index is 5.80. The summed E-state index contributed by atoms with van der Waals surface area (Å²) in [5.41, 5.74) is 0. The topological polar surface area (TPSA) is 75.0 Å². The van der Waals surface area contributed by atoms with Gasteiger partial charge >= 0.3 is 6.01 Å². The van der Waals surface area contributed by atoms with Crippen LogP contribution in [0.4, 0.5) is 0 Å². The molecular formula is C9H8ClN5O2. The second kappa shape index (κ2) is 4.27. The molecule has 0 aliphatic carbocycles. The molecule has 17 heavy (non-hydrogen) atoms. The van der Waals surface area contributed by atoms with E-state index in [-0.39, 0.29) is 17.4 Å². The molecule has 0 unspecified atom stereocenters. The zero-order valence-electron chi connectivity index (χ0n) is 8.65. The van der Waals surface area contributed by atoms with Crippen LogP contribution in [-0.4, -0.2) is 44.1 Å². The third-order valence-electron chi connectivity index (χ3n) is 2.16. The predicted octanol–water partition coefficient (Wildman–Crippen LogP) is 0.488. The predicted molar refractivity (Wildman–Crippen MR) is 57.2 cm³/mol. The average Bonchev–Trinajstić information content (AvgIpc) is 2.76. The normalized spacial score (nSPS) is 15.6. The van der Waals surface area contributed by atoms with Crippen LogP contribution in [0.1, 0.15) is 0 Å². The summed E-state index contributed by atoms with van der Waals surface area (Å²) in [5, 5.41) is 4.08. The van der Waals surface area contributed by atoms with Crippen molar-refractivity contribution < 1.29 is 9.47 Å². The number of aromatic nitrogens is 5. The van der Waals surface area contributed by atoms with E-state index >= 15 is 0 Å². The smallest absolute Gasteiger partial charge is 0.323 e. The molecule has 88 valence electrons. The van der Waals surface area contributed by atoms with E-state index in [9.17, 15) is 0 Å². The highest BCUT2D eigenvalue weighted by Crippen LogP contribution is 2.14. The number of hydrogen-bond donors (Lipinski definition) is 0. The van der Waals surface area contributed by atoms with Crippen LogP contribution < -0.4 is 4.74 Å². The van der Waals surface area contributed by atoms with Gasteiger partial charge in [0.2, 0.25) is 5.28 Å². The fourth-order valence-corrected chi connectivity index (χ4v) is 1.44. The van der Waals surface area contributed by atoms with E-state index in [1.165, 1.54) is 4.68 Å². The van der Waals surface area contributed by atoms with E-state index in [0.717, 1.165) is 0 Å². The highest BCUT2D eigenvalue weighted by Gasteiger charge is 2.22. The quantitative estimate of drug-likeness (QED) is 0.792. The van der Waals surface area contributed by atoms with E-state index in [2.05, 4.69) is 20.1 Å². The molecule has 0 N–H and O–H groups in total. The van der Waals surface area contributed by atoms with Gasteiger partial charge in [-0.25, -0.2) is 4.68 Å². The van der Waals surface area contributed by atoms with Crippen molar-refractivity contribution in [2.24, 2.45) is 0 Å². The minimum atomic E-state index is -0.0149. The van der Waals surface area contributed by atoms with Crippen molar-refractivity contribution in [3.05, 3.63) is 23.7 Å². The lowest BCUT2D eigenvalue weighted by Gasteiger charge is -2.25. The first-order valence-corrected chi connectivity index (χ1v) is 5.35. The molecule has 1 aliphatic rings. The van der Waals surface area contributed by atoms with Gasteiger partial charge < -0.3 is 9.47 Å². The molecule has 0 radical (unpaired) electrons. The van der Waals surface area contributed by atoms with E-state index in [1.54, 1.807) is 18.5 Å². The maximum atomic E-state index is 5.80. The van der Waals surface area contributed by atoms with Gasteiger partial charge in [0.1, 0.15) is 6.10 Å². The summed E-state index contributed by atoms with van der Waals surface area (Å²) in [7, 11) is 0. The second-order valence-corrected chi connectivity index (χ2v) is 3.75. The largest absolute Gasteiger partial charge is 0.455 e. The number of nitrogens with zero attached hydrogens (tertiary/aromatic N) is 5. The van der Waals surface area contributed by atoms with Crippen molar-refractivity contribution in [3.8, 4) is 12.0 Å². The summed E-state index contributed by atoms with van der Waals surface area (Å²) in [6, 6.07) is 1.95. The number of hydrogen-bond acceptors (Lipinski definition) is 6. The SMILES string of the molecule is Clc1nc(OC2COC2)nc(-n2cccn2)n1. The lowest BCUT2D eigenvalue weighted by Crippen LogP contribution is -2.39. The van der Waals surface area contributed by atoms with Crippen molar-refractivity contribution in [1.82, 2.24) is 24.7 Å². The van der Waals surface area contributed by atoms with Gasteiger partial charge in [0.15, 0.2) is 0 Å². The summed E-state index contributed by atoms with van der Waals surface area (Å²) in [4.78, 5) is 12.0. The van der Waals surface area contributed by atoms with Gasteiger partial charge in [-0.1, -0.05) is 0 Å². The van der Waals surface area contributed by atoms with Crippen LogP contribution in [-0.2, 0) is 4.74 Å². The van der Waals surface area contributed by atoms with Gasteiger partial charge in [-0.15, -0.1) is 0 Å². The van der Waals surface area contributed by atoms with Gasteiger partial charge in [0.05, 0.1) is 13.2 Å². The Labute approximate surface area is 101 Å². The summed E-state index contributed by atoms with van der Waals surface area (Å²) < 4.78 is 11.9. The van der Waals surface area contributed by atoms with E-state index in [0.29, 0.717) is 19.2 Å². The Balaban J connectivity index is 1.89. The molecule has 1 aliphatic heterocycles. The zero-order chi connectivity index (χ0) is 11.7. The Morgan fingerprint density at radius 1 is 1.35 bits per heavy atom. The first-order chi connectivity index (χ1) is 8.31. The van der Waals surface area contributed by atoms with E-state index in [1.807, 2.05) is 0 Å². The summed E-state index contributed by atoms with van der Waals surface area (Å²) in [5.74, 6) is 0.324. The number of ether oxygens (including phenoxy) is 2. The Kier molecular flexibility index (Phi) is 2.62. The highest BCUT2D eigenvalue weighted by molar-refractivity contribution is 6.28. The second-order valence-electron chi connectivity index (χ2n) is 3.41. The third-order valence-corrected chi connectivity index (χ3v) is 2.33. The lowest BCUT2D eigenvalue weighted by molar-refractivity contribution is -0.0832. The van der Waals surface area contributed by atoms with Crippen molar-refractivity contribution >= 4 is 11.6 Å². The van der Waals surface area contributed by atoms with Crippen LogP contribution in [0.15, 0.2) is 18.5 Å². The maximum Gasteiger partial charge on any atom is 0.323 e. The molecule has 3 rings (SSSR count). The number of rotatable bonds is 3. The van der Waals surface area contributed by atoms with Crippen LogP contribution in [0, 0.1) is 0 Å². The molecule has 0 spiro atoms. The molecule has 0 bridgehead atoms. The molecule has 0 atom stereocenters. The average molecular weight is 254 g/mol. The fourth-order valence-electron chi connectivity index (χ4n) is 1.30. The molecule has 2 aromatic rings. The third kappa shape index (κ3) is 2.20. The lowest BCUT2D eigenvalue weighted by atomic mass is 10.3. The molecule has 7 nitrogen and oxygen atoms in total. The van der Waals surface area contributed by atoms with Crippen molar-refractivity contribution in [2.75, 3.05) is 13.2 Å². The van der Waals surface area contributed by atoms with Crippen molar-refractivity contribution in [1.29, 1.82) is 0 Å². The van der Waals surface area contributed by atoms with E-state index < -0.39 is 0 Å². The Morgan fingerprint density at radius 2 is 2.24 bits per heavy atom. The summed E-state index contributed by atoms with van der Waals surface area (Å²) in [6.45, 7) is 1.08. The van der Waals surface area contributed by atoms with Crippen LogP contribution in [0.3, 0.4) is 0 Å². The summed E-state index contributed by atoms with van der Waals surface area (Å²) in [6.07, 6.45) is 3.32. The van der Waals surface area contributed by atoms with Gasteiger partial charge in [0.25, 0.3) is 5.95 Å². The number of halogens is 1. The fraction of sp³-hybridized carbons (Fsp3) is 0.333. The van der Waals surface area contributed by atoms with Crippen LogP contribution in [0.2, 0.25) is 5.28 Å². The first-order valence-electron chi connectivity index (χ1n) is 4.97. The summed E-state index contributed by atoms with van der Waals surface area (Å²) >= 11 is 5.80. The molecule has 1 fully saturated rings. The Morgan fingerprint density at radius 3 is 2.88 bits per heavy atom. The molecular weight excluding hydrogens is 246 g/mol. The molecule has 0 saturated carbocycles. The van der Waals surface area contributed by atoms with Gasteiger partial charge in [-0.3, -0.25) is 0 Å². The first kappa shape index (κ1) is 10.4. The minimum absolute atomic E-state index is 0.0149. The van der Waals surface area contributed by atoms with Gasteiger partial charge in [-0.2, -0.15) is 20.1 Å². The highest BCUT2D eigenvalue weighted by atomic mass is 35.5. The van der Waals surface area contributed by atoms with E-state index in [4.69, 9.17) is 21.1 Å². The zero-order valence-corrected chi connectivity index (χ0v) is 9.41. The van der Waals surface area contributed by atoms with Gasteiger partial charge in [0, 0.05) is 12.4 Å². The Hall–Kier alpha value is -1.73. The van der Waals surface area contributed by atoms with Crippen molar-refractivity contribution in [2.45, 2.75) is 6.10 Å². The molecule has 1 saturated heterocycles. The molecule has 0 amide bonds. The Bertz CT molecular complexity index is 514. The minimum Gasteiger partial charge on any atom is -0.455 e. The molecule has 8 heteroatoms. The van der Waals surface area contributed by atoms with Crippen LogP contribution in [0.5, 0.6) is 6.01 Å². The monoisotopic (exact) mass is 253 g/mol. The molecule has 2 aromatic heterocycles. The standard InChI is InChI=1S/C9H8ClN5O2/c10-7-12-8(15-3-1-2-11-15)14-9(13-7)17-6-4-16-5-6/h1-3,6H,4-5H2. The molecule has 0 aromatic carbocycles. The van der Waals surface area contributed by atoms with Crippen molar-refractivity contribution in [3.63, 3.8) is 0 Å².